The van der Waals surface area contributed by atoms with Gasteiger partial charge in [0.2, 0.25) is 5.95 Å². The van der Waals surface area contributed by atoms with Crippen molar-refractivity contribution in [2.45, 2.75) is 0 Å². The van der Waals surface area contributed by atoms with Gasteiger partial charge in [-0.3, -0.25) is 14.9 Å². The predicted molar refractivity (Wildman–Crippen MR) is 127 cm³/mol. The van der Waals surface area contributed by atoms with E-state index in [1.54, 1.807) is 18.3 Å². The Hall–Kier alpha value is -3.65. The number of benzene rings is 2. The van der Waals surface area contributed by atoms with Crippen molar-refractivity contribution < 1.29 is 9.59 Å². The lowest BCUT2D eigenvalue weighted by molar-refractivity contribution is -0.115. The zero-order valence-corrected chi connectivity index (χ0v) is 18.1. The molecule has 2 saturated heterocycles. The van der Waals surface area contributed by atoms with Gasteiger partial charge < -0.3 is 9.80 Å². The summed E-state index contributed by atoms with van der Waals surface area (Å²) in [7, 11) is 0. The second-order valence-electron chi connectivity index (χ2n) is 7.52. The van der Waals surface area contributed by atoms with Crippen LogP contribution in [-0.2, 0) is 4.79 Å². The van der Waals surface area contributed by atoms with E-state index in [-0.39, 0.29) is 11.1 Å². The number of nitrogens with zero attached hydrogens (tertiary/aromatic N) is 4. The number of hydrogen-bond acceptors (Lipinski definition) is 7. The smallest absolute Gasteiger partial charge is 0.290 e. The molecule has 1 N–H and O–H groups in total. The molecule has 2 aliphatic heterocycles. The lowest BCUT2D eigenvalue weighted by Crippen LogP contribution is -2.47. The number of thioether (sulfide) groups is 1. The molecule has 0 spiro atoms. The molecule has 160 valence electrons. The number of carbonyl (C=O) groups excluding carboxylic acids is 2. The van der Waals surface area contributed by atoms with Gasteiger partial charge in [0.25, 0.3) is 11.1 Å². The summed E-state index contributed by atoms with van der Waals surface area (Å²) in [6.45, 7) is 3.31. The number of amides is 2. The van der Waals surface area contributed by atoms with Crippen LogP contribution in [0.2, 0.25) is 0 Å². The average molecular weight is 444 g/mol. The standard InChI is InChI=1S/C24H21N5O2S/c30-22-21(32-24(31)27-22)16-19-9-10-25-23(26-19)29-13-11-28(12-14-29)20-8-4-7-18(15-20)17-5-2-1-3-6-17/h1-10,15-16H,11-14H2,(H,27,30,31). The fourth-order valence-electron chi connectivity index (χ4n) is 3.83. The lowest BCUT2D eigenvalue weighted by atomic mass is 10.0. The van der Waals surface area contributed by atoms with E-state index in [4.69, 9.17) is 0 Å². The summed E-state index contributed by atoms with van der Waals surface area (Å²) in [4.78, 5) is 37.0. The molecular formula is C24H21N5O2S. The minimum absolute atomic E-state index is 0.350. The van der Waals surface area contributed by atoms with Gasteiger partial charge in [-0.1, -0.05) is 42.5 Å². The molecule has 0 aliphatic carbocycles. The van der Waals surface area contributed by atoms with Crippen molar-refractivity contribution in [2.75, 3.05) is 36.0 Å². The highest BCUT2D eigenvalue weighted by molar-refractivity contribution is 8.18. The Labute approximate surface area is 190 Å². The number of anilines is 2. The molecule has 2 amide bonds. The van der Waals surface area contributed by atoms with E-state index in [1.807, 2.05) is 6.07 Å². The molecule has 0 saturated carbocycles. The number of hydrogen-bond donors (Lipinski definition) is 1. The molecular weight excluding hydrogens is 422 g/mol. The number of piperazine rings is 1. The molecule has 32 heavy (non-hydrogen) atoms. The molecule has 2 aromatic carbocycles. The minimum Gasteiger partial charge on any atom is -0.368 e. The summed E-state index contributed by atoms with van der Waals surface area (Å²) >= 11 is 0.888. The maximum absolute atomic E-state index is 11.8. The van der Waals surface area contributed by atoms with Crippen LogP contribution >= 0.6 is 11.8 Å². The fraction of sp³-hybridized carbons (Fsp3) is 0.167. The van der Waals surface area contributed by atoms with Crippen LogP contribution in [0.1, 0.15) is 5.69 Å². The van der Waals surface area contributed by atoms with Crippen LogP contribution in [0, 0.1) is 0 Å². The van der Waals surface area contributed by atoms with Crippen LogP contribution < -0.4 is 15.1 Å². The molecule has 8 heteroatoms. The average Bonchev–Trinajstić information content (AvgIpc) is 3.16. The number of rotatable bonds is 4. The molecule has 2 aliphatic rings. The molecule has 0 radical (unpaired) electrons. The van der Waals surface area contributed by atoms with Gasteiger partial charge in [-0.05, 0) is 47.2 Å². The van der Waals surface area contributed by atoms with Crippen LogP contribution in [0.3, 0.4) is 0 Å². The number of aromatic nitrogens is 2. The van der Waals surface area contributed by atoms with Crippen molar-refractivity contribution in [3.8, 4) is 11.1 Å². The monoisotopic (exact) mass is 443 g/mol. The molecule has 0 unspecified atom stereocenters. The quantitative estimate of drug-likeness (QED) is 0.615. The third kappa shape index (κ3) is 4.36. The van der Waals surface area contributed by atoms with Crippen molar-refractivity contribution in [3.05, 3.63) is 77.5 Å². The minimum atomic E-state index is -0.383. The van der Waals surface area contributed by atoms with Gasteiger partial charge in [-0.2, -0.15) is 0 Å². The highest BCUT2D eigenvalue weighted by Gasteiger charge is 2.25. The highest BCUT2D eigenvalue weighted by atomic mass is 32.2. The largest absolute Gasteiger partial charge is 0.368 e. The molecule has 0 atom stereocenters. The SMILES string of the molecule is O=C1NC(=O)C(=Cc2ccnc(N3CCN(c4cccc(-c5ccccc5)c4)CC3)n2)S1. The zero-order valence-electron chi connectivity index (χ0n) is 17.3. The van der Waals surface area contributed by atoms with Gasteiger partial charge >= 0.3 is 0 Å². The van der Waals surface area contributed by atoms with Crippen LogP contribution in [0.4, 0.5) is 16.4 Å². The summed E-state index contributed by atoms with van der Waals surface area (Å²) < 4.78 is 0. The zero-order chi connectivity index (χ0) is 21.9. The van der Waals surface area contributed by atoms with Gasteiger partial charge in [0.05, 0.1) is 10.6 Å². The van der Waals surface area contributed by atoms with Crippen molar-refractivity contribution in [1.82, 2.24) is 15.3 Å². The second-order valence-corrected chi connectivity index (χ2v) is 8.54. The highest BCUT2D eigenvalue weighted by Crippen LogP contribution is 2.27. The summed E-state index contributed by atoms with van der Waals surface area (Å²) in [5.41, 5.74) is 4.24. The Kier molecular flexibility index (Phi) is 5.60. The Bertz CT molecular complexity index is 1190. The Morgan fingerprint density at radius 2 is 1.62 bits per heavy atom. The summed E-state index contributed by atoms with van der Waals surface area (Å²) in [5, 5.41) is 1.90. The van der Waals surface area contributed by atoms with E-state index in [9.17, 15) is 9.59 Å². The first-order valence-corrected chi connectivity index (χ1v) is 11.2. The van der Waals surface area contributed by atoms with E-state index in [1.165, 1.54) is 16.8 Å². The van der Waals surface area contributed by atoms with Gasteiger partial charge in [0, 0.05) is 38.1 Å². The maximum Gasteiger partial charge on any atom is 0.290 e. The van der Waals surface area contributed by atoms with Crippen LogP contribution in [0.5, 0.6) is 0 Å². The molecule has 2 fully saturated rings. The molecule has 1 aromatic heterocycles. The van der Waals surface area contributed by atoms with Crippen molar-refractivity contribution in [1.29, 1.82) is 0 Å². The molecule has 3 aromatic rings. The van der Waals surface area contributed by atoms with E-state index >= 15 is 0 Å². The Morgan fingerprint density at radius 1 is 0.875 bits per heavy atom. The van der Waals surface area contributed by atoms with Crippen molar-refractivity contribution >= 4 is 40.6 Å². The third-order valence-corrected chi connectivity index (χ3v) is 6.28. The van der Waals surface area contributed by atoms with E-state index in [2.05, 4.69) is 73.6 Å². The van der Waals surface area contributed by atoms with Crippen LogP contribution in [0.15, 0.2) is 71.8 Å². The fourth-order valence-corrected chi connectivity index (χ4v) is 4.49. The second kappa shape index (κ2) is 8.84. The summed E-state index contributed by atoms with van der Waals surface area (Å²) in [5.74, 6) is 0.248. The van der Waals surface area contributed by atoms with Gasteiger partial charge in [0.15, 0.2) is 0 Å². The molecule has 5 rings (SSSR count). The maximum atomic E-state index is 11.8. The first-order valence-electron chi connectivity index (χ1n) is 10.4. The van der Waals surface area contributed by atoms with Crippen molar-refractivity contribution in [2.24, 2.45) is 0 Å². The van der Waals surface area contributed by atoms with Crippen LogP contribution in [-0.4, -0.2) is 47.3 Å². The first-order chi connectivity index (χ1) is 15.7. The molecule has 3 heterocycles. The third-order valence-electron chi connectivity index (χ3n) is 5.47. The molecule has 0 bridgehead atoms. The van der Waals surface area contributed by atoms with E-state index < -0.39 is 0 Å². The van der Waals surface area contributed by atoms with Gasteiger partial charge in [0.1, 0.15) is 0 Å². The Balaban J connectivity index is 1.27. The van der Waals surface area contributed by atoms with Crippen molar-refractivity contribution in [3.63, 3.8) is 0 Å². The first kappa shape index (κ1) is 20.3. The normalized spacial score (nSPS) is 17.7. The van der Waals surface area contributed by atoms with Crippen LogP contribution in [0.25, 0.3) is 17.2 Å². The number of nitrogens with one attached hydrogen (secondary N) is 1. The van der Waals surface area contributed by atoms with E-state index in [0.717, 1.165) is 37.9 Å². The Morgan fingerprint density at radius 3 is 2.38 bits per heavy atom. The number of carbonyl (C=O) groups is 2. The summed E-state index contributed by atoms with van der Waals surface area (Å²) in [6.07, 6.45) is 3.31. The van der Waals surface area contributed by atoms with E-state index in [0.29, 0.717) is 16.5 Å². The lowest BCUT2D eigenvalue weighted by Gasteiger charge is -2.36. The topological polar surface area (TPSA) is 78.4 Å². The molecule has 7 nitrogen and oxygen atoms in total. The number of imide groups is 1. The van der Waals surface area contributed by atoms with Gasteiger partial charge in [-0.25, -0.2) is 9.97 Å². The van der Waals surface area contributed by atoms with Gasteiger partial charge in [-0.15, -0.1) is 0 Å². The summed E-state index contributed by atoms with van der Waals surface area (Å²) in [6, 6.07) is 20.8. The predicted octanol–water partition coefficient (Wildman–Crippen LogP) is 3.79.